The summed E-state index contributed by atoms with van der Waals surface area (Å²) in [6, 6.07) is 23.0. The summed E-state index contributed by atoms with van der Waals surface area (Å²) in [7, 11) is 1.63. The van der Waals surface area contributed by atoms with Crippen molar-refractivity contribution >= 4 is 10.9 Å². The number of benzene rings is 3. The van der Waals surface area contributed by atoms with Crippen LogP contribution in [0.5, 0.6) is 11.5 Å². The normalized spacial score (nSPS) is 11.0. The Morgan fingerprint density at radius 3 is 2.30 bits per heavy atom. The Bertz CT molecular complexity index is 1250. The van der Waals surface area contributed by atoms with Gasteiger partial charge in [-0.05, 0) is 60.5 Å². The molecule has 0 spiro atoms. The topological polar surface area (TPSA) is 62.6 Å². The number of aromatic nitrogens is 2. The van der Waals surface area contributed by atoms with Gasteiger partial charge in [-0.15, -0.1) is 0 Å². The predicted molar refractivity (Wildman–Crippen MR) is 130 cm³/mol. The molecule has 6 heteroatoms. The molecule has 0 saturated carbocycles. The highest BCUT2D eigenvalue weighted by molar-refractivity contribution is 5.79. The van der Waals surface area contributed by atoms with Crippen LogP contribution in [0.25, 0.3) is 22.3 Å². The molecule has 0 fully saturated rings. The molecule has 0 aliphatic carbocycles. The van der Waals surface area contributed by atoms with Gasteiger partial charge >= 0.3 is 0 Å². The summed E-state index contributed by atoms with van der Waals surface area (Å²) in [6.07, 6.45) is 1.00. The van der Waals surface area contributed by atoms with Crippen molar-refractivity contribution in [3.63, 3.8) is 0 Å². The third kappa shape index (κ3) is 5.41. The largest absolute Gasteiger partial charge is 0.497 e. The van der Waals surface area contributed by atoms with E-state index in [1.54, 1.807) is 17.7 Å². The van der Waals surface area contributed by atoms with Crippen LogP contribution in [-0.4, -0.2) is 36.5 Å². The molecule has 0 aliphatic heterocycles. The SMILES string of the molecule is CCc1ccc(OCCOCCn2c(-c3ccc(OC)cc3)nc3ccccc3c2=O)cc1. The summed E-state index contributed by atoms with van der Waals surface area (Å²) in [6.45, 7) is 3.77. The fraction of sp³-hybridized carbons (Fsp3) is 0.259. The first-order chi connectivity index (χ1) is 16.2. The Morgan fingerprint density at radius 2 is 1.58 bits per heavy atom. The first kappa shape index (κ1) is 22.6. The second-order valence-electron chi connectivity index (χ2n) is 7.60. The molecule has 4 rings (SSSR count). The van der Waals surface area contributed by atoms with Crippen LogP contribution in [0.3, 0.4) is 0 Å². The van der Waals surface area contributed by atoms with Crippen molar-refractivity contribution in [2.75, 3.05) is 26.9 Å². The number of aryl methyl sites for hydroxylation is 1. The van der Waals surface area contributed by atoms with Crippen LogP contribution in [0.2, 0.25) is 0 Å². The number of fused-ring (bicyclic) bond motifs is 1. The van der Waals surface area contributed by atoms with Crippen molar-refractivity contribution in [2.45, 2.75) is 19.9 Å². The molecule has 0 unspecified atom stereocenters. The highest BCUT2D eigenvalue weighted by Crippen LogP contribution is 2.22. The van der Waals surface area contributed by atoms with Gasteiger partial charge in [-0.2, -0.15) is 0 Å². The van der Waals surface area contributed by atoms with Crippen molar-refractivity contribution in [3.8, 4) is 22.9 Å². The molecule has 0 saturated heterocycles. The van der Waals surface area contributed by atoms with E-state index in [4.69, 9.17) is 19.2 Å². The van der Waals surface area contributed by atoms with Crippen LogP contribution in [0, 0.1) is 0 Å². The lowest BCUT2D eigenvalue weighted by Gasteiger charge is -2.14. The molecule has 0 bridgehead atoms. The molecule has 0 aliphatic rings. The molecule has 1 heterocycles. The second-order valence-corrected chi connectivity index (χ2v) is 7.60. The first-order valence-electron chi connectivity index (χ1n) is 11.1. The Morgan fingerprint density at radius 1 is 0.848 bits per heavy atom. The molecule has 170 valence electrons. The van der Waals surface area contributed by atoms with E-state index in [1.807, 2.05) is 54.6 Å². The Labute approximate surface area is 193 Å². The van der Waals surface area contributed by atoms with Crippen molar-refractivity contribution in [3.05, 3.63) is 88.7 Å². The van der Waals surface area contributed by atoms with Gasteiger partial charge < -0.3 is 14.2 Å². The third-order valence-electron chi connectivity index (χ3n) is 5.50. The molecule has 0 radical (unpaired) electrons. The van der Waals surface area contributed by atoms with Gasteiger partial charge in [0.25, 0.3) is 5.56 Å². The van der Waals surface area contributed by atoms with E-state index in [0.29, 0.717) is 43.1 Å². The van der Waals surface area contributed by atoms with Crippen LogP contribution in [0.1, 0.15) is 12.5 Å². The standard InChI is InChI=1S/C27H28N2O4/c1-3-20-8-12-23(13-9-20)33-19-18-32-17-16-29-26(21-10-14-22(31-2)15-11-21)28-25-7-5-4-6-24(25)27(29)30/h4-15H,3,16-19H2,1-2H3. The van der Waals surface area contributed by atoms with Crippen molar-refractivity contribution in [2.24, 2.45) is 0 Å². The van der Waals surface area contributed by atoms with Crippen LogP contribution >= 0.6 is 0 Å². The maximum Gasteiger partial charge on any atom is 0.261 e. The van der Waals surface area contributed by atoms with Gasteiger partial charge in [0.2, 0.25) is 0 Å². The number of rotatable bonds is 10. The predicted octanol–water partition coefficient (Wildman–Crippen LogP) is 4.73. The van der Waals surface area contributed by atoms with Gasteiger partial charge in [-0.3, -0.25) is 9.36 Å². The van der Waals surface area contributed by atoms with E-state index < -0.39 is 0 Å². The van der Waals surface area contributed by atoms with Crippen LogP contribution in [0.15, 0.2) is 77.6 Å². The van der Waals surface area contributed by atoms with E-state index in [0.717, 1.165) is 23.5 Å². The van der Waals surface area contributed by atoms with Crippen molar-refractivity contribution in [1.82, 2.24) is 9.55 Å². The molecule has 3 aromatic carbocycles. The summed E-state index contributed by atoms with van der Waals surface area (Å²) in [4.78, 5) is 18.0. The minimum Gasteiger partial charge on any atom is -0.497 e. The Hall–Kier alpha value is -3.64. The summed E-state index contributed by atoms with van der Waals surface area (Å²) >= 11 is 0. The van der Waals surface area contributed by atoms with Gasteiger partial charge in [0.1, 0.15) is 23.9 Å². The zero-order valence-electron chi connectivity index (χ0n) is 19.0. The molecule has 0 amide bonds. The molecular formula is C27H28N2O4. The second kappa shape index (κ2) is 10.8. The van der Waals surface area contributed by atoms with E-state index in [-0.39, 0.29) is 5.56 Å². The zero-order valence-corrected chi connectivity index (χ0v) is 19.0. The zero-order chi connectivity index (χ0) is 23.0. The molecule has 4 aromatic rings. The molecule has 0 atom stereocenters. The lowest BCUT2D eigenvalue weighted by molar-refractivity contribution is 0.0940. The summed E-state index contributed by atoms with van der Waals surface area (Å²) in [5.41, 5.74) is 2.72. The number of hydrogen-bond acceptors (Lipinski definition) is 5. The van der Waals surface area contributed by atoms with Crippen molar-refractivity contribution < 1.29 is 14.2 Å². The van der Waals surface area contributed by atoms with Gasteiger partial charge in [0, 0.05) is 5.56 Å². The number of para-hydroxylation sites is 1. The van der Waals surface area contributed by atoms with Gasteiger partial charge in [0.05, 0.1) is 37.8 Å². The number of methoxy groups -OCH3 is 1. The minimum absolute atomic E-state index is 0.0812. The minimum atomic E-state index is -0.0812. The maximum absolute atomic E-state index is 13.2. The Balaban J connectivity index is 1.44. The maximum atomic E-state index is 13.2. The molecule has 6 nitrogen and oxygen atoms in total. The molecule has 1 aromatic heterocycles. The number of hydrogen-bond donors (Lipinski definition) is 0. The average molecular weight is 445 g/mol. The molecule has 33 heavy (non-hydrogen) atoms. The molecular weight excluding hydrogens is 416 g/mol. The van der Waals surface area contributed by atoms with E-state index in [2.05, 4.69) is 19.1 Å². The van der Waals surface area contributed by atoms with Gasteiger partial charge in [-0.25, -0.2) is 4.98 Å². The fourth-order valence-electron chi connectivity index (χ4n) is 3.63. The molecule has 0 N–H and O–H groups in total. The highest BCUT2D eigenvalue weighted by Gasteiger charge is 2.13. The number of nitrogens with zero attached hydrogens (tertiary/aromatic N) is 2. The van der Waals surface area contributed by atoms with Crippen LogP contribution in [0.4, 0.5) is 0 Å². The Kier molecular flexibility index (Phi) is 7.37. The third-order valence-corrected chi connectivity index (χ3v) is 5.50. The summed E-state index contributed by atoms with van der Waals surface area (Å²) in [5.74, 6) is 2.19. The van der Waals surface area contributed by atoms with Crippen molar-refractivity contribution in [1.29, 1.82) is 0 Å². The van der Waals surface area contributed by atoms with E-state index in [1.165, 1.54) is 5.56 Å². The smallest absolute Gasteiger partial charge is 0.261 e. The van der Waals surface area contributed by atoms with Crippen LogP contribution < -0.4 is 15.0 Å². The summed E-state index contributed by atoms with van der Waals surface area (Å²) in [5, 5.41) is 0.591. The van der Waals surface area contributed by atoms with E-state index >= 15 is 0 Å². The first-order valence-corrected chi connectivity index (χ1v) is 11.1. The van der Waals surface area contributed by atoms with Gasteiger partial charge in [0.15, 0.2) is 0 Å². The summed E-state index contributed by atoms with van der Waals surface area (Å²) < 4.78 is 18.4. The monoisotopic (exact) mass is 444 g/mol. The van der Waals surface area contributed by atoms with E-state index in [9.17, 15) is 4.79 Å². The highest BCUT2D eigenvalue weighted by atomic mass is 16.5. The van der Waals surface area contributed by atoms with Crippen LogP contribution in [-0.2, 0) is 17.7 Å². The lowest BCUT2D eigenvalue weighted by atomic mass is 10.1. The van der Waals surface area contributed by atoms with Gasteiger partial charge in [-0.1, -0.05) is 31.2 Å². The quantitative estimate of drug-likeness (QED) is 0.331. The number of ether oxygens (including phenoxy) is 3. The average Bonchev–Trinajstić information content (AvgIpc) is 2.87. The lowest BCUT2D eigenvalue weighted by Crippen LogP contribution is -2.26. The fourth-order valence-corrected chi connectivity index (χ4v) is 3.63.